The van der Waals surface area contributed by atoms with Gasteiger partial charge in [-0.25, -0.2) is 0 Å². The van der Waals surface area contributed by atoms with Crippen LogP contribution in [0.2, 0.25) is 0 Å². The van der Waals surface area contributed by atoms with Gasteiger partial charge >= 0.3 is 0 Å². The molecule has 0 aliphatic rings. The van der Waals surface area contributed by atoms with E-state index in [4.69, 9.17) is 0 Å². The summed E-state index contributed by atoms with van der Waals surface area (Å²) in [5.41, 5.74) is 3.74. The molecule has 0 aliphatic carbocycles. The first kappa shape index (κ1) is 17.7. The Bertz CT molecular complexity index is 921. The molecule has 0 unspecified atom stereocenters. The van der Waals surface area contributed by atoms with Crippen LogP contribution >= 0.6 is 0 Å². The van der Waals surface area contributed by atoms with Crippen LogP contribution in [0.5, 0.6) is 5.75 Å². The van der Waals surface area contributed by atoms with Crippen LogP contribution in [0.15, 0.2) is 66.7 Å². The van der Waals surface area contributed by atoms with Gasteiger partial charge in [-0.2, -0.15) is 0 Å². The van der Waals surface area contributed by atoms with Gasteiger partial charge in [-0.1, -0.05) is 63.2 Å². The number of phenols is 1. The molecule has 0 fully saturated rings. The predicted molar refractivity (Wildman–Crippen MR) is 105 cm³/mol. The lowest BCUT2D eigenvalue weighted by atomic mass is 9.86. The molecular formula is C23H22NO2. The van der Waals surface area contributed by atoms with Gasteiger partial charge in [-0.15, -0.1) is 0 Å². The summed E-state index contributed by atoms with van der Waals surface area (Å²) in [5.74, 6) is 0.00490. The Morgan fingerprint density at radius 2 is 1.62 bits per heavy atom. The van der Waals surface area contributed by atoms with E-state index in [-0.39, 0.29) is 16.9 Å². The van der Waals surface area contributed by atoms with Crippen molar-refractivity contribution in [1.29, 1.82) is 0 Å². The van der Waals surface area contributed by atoms with Crippen LogP contribution in [0.4, 0.5) is 11.4 Å². The number of ketones is 1. The SMILES string of the molecule is CC(C)(C)c1ccc(C(=O)c2ccccc2Nc2[c]c(O)ccc2)cc1. The number of nitrogens with one attached hydrogen (secondary N) is 1. The van der Waals surface area contributed by atoms with Crippen molar-refractivity contribution in [1.82, 2.24) is 0 Å². The molecule has 0 aliphatic heterocycles. The zero-order chi connectivity index (χ0) is 18.7. The second kappa shape index (κ2) is 7.04. The topological polar surface area (TPSA) is 49.3 Å². The molecule has 131 valence electrons. The molecule has 3 nitrogen and oxygen atoms in total. The average Bonchev–Trinajstić information content (AvgIpc) is 2.61. The summed E-state index contributed by atoms with van der Waals surface area (Å²) in [6.45, 7) is 6.44. The minimum atomic E-state index is -0.0475. The lowest BCUT2D eigenvalue weighted by Crippen LogP contribution is -2.11. The first-order chi connectivity index (χ1) is 12.3. The molecule has 0 spiro atoms. The highest BCUT2D eigenvalue weighted by molar-refractivity contribution is 6.12. The first-order valence-corrected chi connectivity index (χ1v) is 8.57. The van der Waals surface area contributed by atoms with Gasteiger partial charge in [0.15, 0.2) is 5.78 Å². The summed E-state index contributed by atoms with van der Waals surface area (Å²) in [6.07, 6.45) is 0. The van der Waals surface area contributed by atoms with Gasteiger partial charge in [0.05, 0.1) is 11.8 Å². The second-order valence-electron chi connectivity index (χ2n) is 7.28. The maximum absolute atomic E-state index is 13.0. The fraction of sp³-hybridized carbons (Fsp3) is 0.174. The zero-order valence-electron chi connectivity index (χ0n) is 15.2. The van der Waals surface area contributed by atoms with Gasteiger partial charge in [0.2, 0.25) is 0 Å². The third-order valence-corrected chi connectivity index (χ3v) is 4.23. The average molecular weight is 344 g/mol. The summed E-state index contributed by atoms with van der Waals surface area (Å²) >= 11 is 0. The molecule has 2 N–H and O–H groups in total. The third kappa shape index (κ3) is 3.94. The van der Waals surface area contributed by atoms with Crippen molar-refractivity contribution in [2.24, 2.45) is 0 Å². The molecule has 3 rings (SSSR count). The minimum Gasteiger partial charge on any atom is -0.507 e. The van der Waals surface area contributed by atoms with Crippen molar-refractivity contribution in [3.63, 3.8) is 0 Å². The number of benzene rings is 3. The Morgan fingerprint density at radius 1 is 0.923 bits per heavy atom. The lowest BCUT2D eigenvalue weighted by Gasteiger charge is -2.19. The van der Waals surface area contributed by atoms with Crippen molar-refractivity contribution in [2.75, 3.05) is 5.32 Å². The summed E-state index contributed by atoms with van der Waals surface area (Å²) in [7, 11) is 0. The highest BCUT2D eigenvalue weighted by Crippen LogP contribution is 2.26. The van der Waals surface area contributed by atoms with Crippen LogP contribution in [0.1, 0.15) is 42.3 Å². The summed E-state index contributed by atoms with van der Waals surface area (Å²) in [6, 6.07) is 23.0. The van der Waals surface area contributed by atoms with Crippen molar-refractivity contribution < 1.29 is 9.90 Å². The molecule has 0 aromatic heterocycles. The molecule has 0 saturated heterocycles. The van der Waals surface area contributed by atoms with Gasteiger partial charge in [0.1, 0.15) is 5.75 Å². The zero-order valence-corrected chi connectivity index (χ0v) is 15.2. The van der Waals surface area contributed by atoms with E-state index >= 15 is 0 Å². The van der Waals surface area contributed by atoms with Gasteiger partial charge in [-0.05, 0) is 35.2 Å². The lowest BCUT2D eigenvalue weighted by molar-refractivity contribution is 0.103. The van der Waals surface area contributed by atoms with Crippen LogP contribution in [-0.2, 0) is 5.41 Å². The normalized spacial score (nSPS) is 11.2. The van der Waals surface area contributed by atoms with E-state index in [1.807, 2.05) is 42.5 Å². The Labute approximate surface area is 154 Å². The number of carbonyl (C=O) groups is 1. The molecule has 26 heavy (non-hydrogen) atoms. The Balaban J connectivity index is 1.90. The molecule has 3 aromatic rings. The summed E-state index contributed by atoms with van der Waals surface area (Å²) < 4.78 is 0. The number of rotatable bonds is 4. The first-order valence-electron chi connectivity index (χ1n) is 8.57. The van der Waals surface area contributed by atoms with E-state index in [0.29, 0.717) is 22.5 Å². The number of para-hydroxylation sites is 1. The standard InChI is InChI=1S/C23H22NO2/c1-23(2,3)17-13-11-16(12-14-17)22(26)20-9-4-5-10-21(20)24-18-7-6-8-19(25)15-18/h4-14,24-25H,1-3H3. The van der Waals surface area contributed by atoms with Crippen LogP contribution in [-0.4, -0.2) is 10.9 Å². The molecule has 0 bridgehead atoms. The summed E-state index contributed by atoms with van der Waals surface area (Å²) in [4.78, 5) is 13.0. The largest absolute Gasteiger partial charge is 0.507 e. The number of aromatic hydroxyl groups is 1. The number of hydrogen-bond donors (Lipinski definition) is 2. The Hall–Kier alpha value is -3.07. The molecule has 0 amide bonds. The van der Waals surface area contributed by atoms with Crippen LogP contribution in [0.3, 0.4) is 0 Å². The van der Waals surface area contributed by atoms with Crippen molar-refractivity contribution >= 4 is 17.2 Å². The maximum atomic E-state index is 13.0. The van der Waals surface area contributed by atoms with E-state index < -0.39 is 0 Å². The molecule has 0 saturated carbocycles. The van der Waals surface area contributed by atoms with Crippen LogP contribution in [0, 0.1) is 6.07 Å². The quantitative estimate of drug-likeness (QED) is 0.618. The van der Waals surface area contributed by atoms with E-state index in [2.05, 4.69) is 32.2 Å². The van der Waals surface area contributed by atoms with E-state index in [0.717, 1.165) is 0 Å². The predicted octanol–water partition coefficient (Wildman–Crippen LogP) is 5.46. The number of phenolic OH excluding ortho intramolecular Hbond substituents is 1. The molecule has 3 aromatic carbocycles. The van der Waals surface area contributed by atoms with Gasteiger partial charge in [0, 0.05) is 16.8 Å². The van der Waals surface area contributed by atoms with E-state index in [1.54, 1.807) is 24.3 Å². The highest BCUT2D eigenvalue weighted by Gasteiger charge is 2.17. The minimum absolute atomic E-state index is 0.0475. The molecule has 1 radical (unpaired) electrons. The fourth-order valence-electron chi connectivity index (χ4n) is 2.74. The highest BCUT2D eigenvalue weighted by atomic mass is 16.3. The maximum Gasteiger partial charge on any atom is 0.195 e. The monoisotopic (exact) mass is 344 g/mol. The van der Waals surface area contributed by atoms with Gasteiger partial charge in [-0.3, -0.25) is 4.79 Å². The molecule has 0 heterocycles. The van der Waals surface area contributed by atoms with Crippen LogP contribution in [0.25, 0.3) is 0 Å². The van der Waals surface area contributed by atoms with Crippen molar-refractivity contribution in [2.45, 2.75) is 26.2 Å². The Morgan fingerprint density at radius 3 is 2.27 bits per heavy atom. The van der Waals surface area contributed by atoms with Crippen LogP contribution < -0.4 is 5.32 Å². The second-order valence-corrected chi connectivity index (χ2v) is 7.28. The van der Waals surface area contributed by atoms with E-state index in [9.17, 15) is 9.90 Å². The van der Waals surface area contributed by atoms with Gasteiger partial charge < -0.3 is 10.4 Å². The van der Waals surface area contributed by atoms with E-state index in [1.165, 1.54) is 5.56 Å². The smallest absolute Gasteiger partial charge is 0.195 e. The summed E-state index contributed by atoms with van der Waals surface area (Å²) in [5, 5.41) is 12.7. The number of hydrogen-bond acceptors (Lipinski definition) is 3. The van der Waals surface area contributed by atoms with Crippen molar-refractivity contribution in [3.05, 3.63) is 89.5 Å². The fourth-order valence-corrected chi connectivity index (χ4v) is 2.74. The Kier molecular flexibility index (Phi) is 4.81. The molecular weight excluding hydrogens is 322 g/mol. The number of anilines is 2. The molecule has 0 atom stereocenters. The molecule has 3 heteroatoms. The number of carbonyl (C=O) groups excluding carboxylic acids is 1. The van der Waals surface area contributed by atoms with Gasteiger partial charge in [0.25, 0.3) is 0 Å². The van der Waals surface area contributed by atoms with Crippen molar-refractivity contribution in [3.8, 4) is 5.75 Å². The third-order valence-electron chi connectivity index (χ3n) is 4.23.